The van der Waals surface area contributed by atoms with E-state index in [1.807, 2.05) is 6.92 Å². The quantitative estimate of drug-likeness (QED) is 0.543. The molecule has 1 saturated carbocycles. The number of nitrogen functional groups attached to an aromatic ring is 1. The first-order valence-electron chi connectivity index (χ1n) is 7.32. The van der Waals surface area contributed by atoms with Crippen molar-refractivity contribution in [2.45, 2.75) is 52.4 Å². The molecule has 5 heteroatoms. The topological polar surface area (TPSA) is 75.9 Å². The number of hydrogen-bond acceptors (Lipinski definition) is 5. The third kappa shape index (κ3) is 3.56. The van der Waals surface area contributed by atoms with Crippen LogP contribution in [0.2, 0.25) is 0 Å². The van der Waals surface area contributed by atoms with Crippen molar-refractivity contribution in [3.05, 3.63) is 11.4 Å². The molecule has 1 aromatic rings. The summed E-state index contributed by atoms with van der Waals surface area (Å²) in [4.78, 5) is 9.05. The molecular formula is C14H25N5. The van der Waals surface area contributed by atoms with E-state index in [1.54, 1.807) is 0 Å². The predicted octanol–water partition coefficient (Wildman–Crippen LogP) is 2.63. The van der Waals surface area contributed by atoms with Crippen molar-refractivity contribution in [1.82, 2.24) is 9.97 Å². The van der Waals surface area contributed by atoms with Crippen molar-refractivity contribution >= 4 is 11.6 Å². The highest BCUT2D eigenvalue weighted by molar-refractivity contribution is 5.56. The molecule has 0 bridgehead atoms. The minimum Gasteiger partial charge on any atom is -0.369 e. The van der Waals surface area contributed by atoms with Crippen LogP contribution in [0.1, 0.15) is 50.4 Å². The van der Waals surface area contributed by atoms with Gasteiger partial charge in [0.25, 0.3) is 0 Å². The second kappa shape index (κ2) is 6.70. The molecule has 0 spiro atoms. The van der Waals surface area contributed by atoms with Gasteiger partial charge in [-0.25, -0.2) is 15.8 Å². The van der Waals surface area contributed by atoms with E-state index >= 15 is 0 Å². The van der Waals surface area contributed by atoms with Gasteiger partial charge >= 0.3 is 0 Å². The third-order valence-corrected chi connectivity index (χ3v) is 3.84. The number of nitrogens with one attached hydrogen (secondary N) is 2. The molecule has 106 valence electrons. The van der Waals surface area contributed by atoms with Crippen molar-refractivity contribution in [3.8, 4) is 0 Å². The number of aromatic nitrogens is 2. The minimum atomic E-state index is 0.729. The summed E-state index contributed by atoms with van der Waals surface area (Å²) in [6, 6.07) is 0. The molecule has 19 heavy (non-hydrogen) atoms. The molecule has 1 aromatic heterocycles. The van der Waals surface area contributed by atoms with Crippen LogP contribution in [0.5, 0.6) is 0 Å². The Hall–Kier alpha value is -1.36. The number of hydrazine groups is 1. The van der Waals surface area contributed by atoms with E-state index < -0.39 is 0 Å². The fourth-order valence-electron chi connectivity index (χ4n) is 2.67. The van der Waals surface area contributed by atoms with E-state index in [9.17, 15) is 0 Å². The Labute approximate surface area is 115 Å². The van der Waals surface area contributed by atoms with Gasteiger partial charge in [0.1, 0.15) is 17.5 Å². The lowest BCUT2D eigenvalue weighted by Gasteiger charge is -2.15. The zero-order valence-electron chi connectivity index (χ0n) is 12.0. The largest absolute Gasteiger partial charge is 0.369 e. The molecule has 1 fully saturated rings. The Kier molecular flexibility index (Phi) is 4.96. The van der Waals surface area contributed by atoms with Crippen LogP contribution >= 0.6 is 0 Å². The summed E-state index contributed by atoms with van der Waals surface area (Å²) in [5.74, 6) is 8.84. The van der Waals surface area contributed by atoms with Crippen molar-refractivity contribution in [2.24, 2.45) is 11.8 Å². The number of rotatable bonds is 6. The number of aryl methyl sites for hydroxylation is 1. The normalized spacial score (nSPS) is 15.7. The molecule has 0 amide bonds. The number of anilines is 2. The van der Waals surface area contributed by atoms with Gasteiger partial charge < -0.3 is 10.7 Å². The van der Waals surface area contributed by atoms with Crippen molar-refractivity contribution in [3.63, 3.8) is 0 Å². The first-order valence-corrected chi connectivity index (χ1v) is 7.32. The van der Waals surface area contributed by atoms with E-state index in [0.717, 1.165) is 48.3 Å². The first-order chi connectivity index (χ1) is 9.24. The van der Waals surface area contributed by atoms with Gasteiger partial charge in [0.15, 0.2) is 0 Å². The summed E-state index contributed by atoms with van der Waals surface area (Å²) in [5, 5.41) is 3.48. The standard InChI is InChI=1S/C14H25N5/c1-3-6-12-17-13(10(2)14(18-12)19-15)16-9-11-7-4-5-8-11/h11H,3-9,15H2,1-2H3,(H2,16,17,18,19). The number of hydrogen-bond donors (Lipinski definition) is 3. The van der Waals surface area contributed by atoms with Gasteiger partial charge in [0, 0.05) is 18.5 Å². The molecule has 0 aromatic carbocycles. The highest BCUT2D eigenvalue weighted by atomic mass is 15.3. The lowest BCUT2D eigenvalue weighted by atomic mass is 10.1. The molecule has 1 aliphatic carbocycles. The maximum atomic E-state index is 5.53. The molecular weight excluding hydrogens is 238 g/mol. The number of nitrogens with two attached hydrogens (primary N) is 1. The molecule has 0 radical (unpaired) electrons. The fraction of sp³-hybridized carbons (Fsp3) is 0.714. The molecule has 5 nitrogen and oxygen atoms in total. The Morgan fingerprint density at radius 3 is 2.53 bits per heavy atom. The van der Waals surface area contributed by atoms with Gasteiger partial charge in [-0.15, -0.1) is 0 Å². The Morgan fingerprint density at radius 1 is 1.21 bits per heavy atom. The average molecular weight is 263 g/mol. The van der Waals surface area contributed by atoms with Gasteiger partial charge in [-0.3, -0.25) is 0 Å². The molecule has 0 unspecified atom stereocenters. The summed E-state index contributed by atoms with van der Waals surface area (Å²) in [6.45, 7) is 5.14. The van der Waals surface area contributed by atoms with E-state index in [4.69, 9.17) is 5.84 Å². The van der Waals surface area contributed by atoms with Crippen LogP contribution in [0.4, 0.5) is 11.6 Å². The maximum absolute atomic E-state index is 5.53. The lowest BCUT2D eigenvalue weighted by molar-refractivity contribution is 0.578. The van der Waals surface area contributed by atoms with Crippen molar-refractivity contribution < 1.29 is 0 Å². The maximum Gasteiger partial charge on any atom is 0.148 e. The zero-order chi connectivity index (χ0) is 13.7. The van der Waals surface area contributed by atoms with Crippen molar-refractivity contribution in [1.29, 1.82) is 0 Å². The zero-order valence-corrected chi connectivity index (χ0v) is 12.0. The number of nitrogens with zero attached hydrogens (tertiary/aromatic N) is 2. The molecule has 0 aliphatic heterocycles. The van der Waals surface area contributed by atoms with E-state index in [-0.39, 0.29) is 0 Å². The van der Waals surface area contributed by atoms with E-state index in [1.165, 1.54) is 25.7 Å². The smallest absolute Gasteiger partial charge is 0.148 e. The van der Waals surface area contributed by atoms with Crippen LogP contribution in [-0.2, 0) is 6.42 Å². The van der Waals surface area contributed by atoms with Crippen LogP contribution in [0, 0.1) is 12.8 Å². The summed E-state index contributed by atoms with van der Waals surface area (Å²) in [7, 11) is 0. The van der Waals surface area contributed by atoms with Gasteiger partial charge in [-0.2, -0.15) is 0 Å². The fourth-order valence-corrected chi connectivity index (χ4v) is 2.67. The molecule has 1 aliphatic rings. The molecule has 4 N–H and O–H groups in total. The SMILES string of the molecule is CCCc1nc(NN)c(C)c(NCC2CCCC2)n1. The van der Waals surface area contributed by atoms with Gasteiger partial charge in [-0.05, 0) is 32.1 Å². The molecule has 1 heterocycles. The lowest BCUT2D eigenvalue weighted by Crippen LogP contribution is -2.17. The molecule has 0 saturated heterocycles. The van der Waals surface area contributed by atoms with Crippen LogP contribution in [0.3, 0.4) is 0 Å². The first kappa shape index (κ1) is 14.1. The summed E-state index contributed by atoms with van der Waals surface area (Å²) < 4.78 is 0. The second-order valence-corrected chi connectivity index (χ2v) is 5.39. The minimum absolute atomic E-state index is 0.729. The molecule has 0 atom stereocenters. The van der Waals surface area contributed by atoms with E-state index in [0.29, 0.717) is 0 Å². The van der Waals surface area contributed by atoms with Crippen molar-refractivity contribution in [2.75, 3.05) is 17.3 Å². The Bertz CT molecular complexity index is 413. The van der Waals surface area contributed by atoms with Crippen LogP contribution < -0.4 is 16.6 Å². The van der Waals surface area contributed by atoms with Crippen LogP contribution in [0.25, 0.3) is 0 Å². The summed E-state index contributed by atoms with van der Waals surface area (Å²) in [6.07, 6.45) is 7.32. The monoisotopic (exact) mass is 263 g/mol. The summed E-state index contributed by atoms with van der Waals surface area (Å²) in [5.41, 5.74) is 3.67. The predicted molar refractivity (Wildman–Crippen MR) is 79.0 cm³/mol. The highest BCUT2D eigenvalue weighted by Crippen LogP contribution is 2.26. The van der Waals surface area contributed by atoms with Gasteiger partial charge in [0.05, 0.1) is 0 Å². The molecule has 2 rings (SSSR count). The second-order valence-electron chi connectivity index (χ2n) is 5.39. The highest BCUT2D eigenvalue weighted by Gasteiger charge is 2.16. The summed E-state index contributed by atoms with van der Waals surface area (Å²) >= 11 is 0. The van der Waals surface area contributed by atoms with Crippen LogP contribution in [0.15, 0.2) is 0 Å². The van der Waals surface area contributed by atoms with Crippen LogP contribution in [-0.4, -0.2) is 16.5 Å². The van der Waals surface area contributed by atoms with E-state index in [2.05, 4.69) is 27.6 Å². The van der Waals surface area contributed by atoms with Gasteiger partial charge in [-0.1, -0.05) is 19.8 Å². The Morgan fingerprint density at radius 2 is 1.89 bits per heavy atom. The van der Waals surface area contributed by atoms with Gasteiger partial charge in [0.2, 0.25) is 0 Å². The Balaban J connectivity index is 2.09. The average Bonchev–Trinajstić information content (AvgIpc) is 2.92. The third-order valence-electron chi connectivity index (χ3n) is 3.84.